The van der Waals surface area contributed by atoms with E-state index >= 15 is 0 Å². The van der Waals surface area contributed by atoms with E-state index in [1.165, 1.54) is 6.07 Å². The topological polar surface area (TPSA) is 95.1 Å². The van der Waals surface area contributed by atoms with Gasteiger partial charge in [0, 0.05) is 24.7 Å². The van der Waals surface area contributed by atoms with Gasteiger partial charge in [-0.05, 0) is 55.0 Å². The molecular formula is C24H25N3O5S. The molecule has 0 atom stereocenters. The second-order valence-corrected chi connectivity index (χ2v) is 10.7. The molecule has 33 heavy (non-hydrogen) atoms. The van der Waals surface area contributed by atoms with Crippen molar-refractivity contribution in [2.24, 2.45) is 5.92 Å². The van der Waals surface area contributed by atoms with E-state index in [1.54, 1.807) is 17.0 Å². The minimum Gasteiger partial charge on any atom is -0.312 e. The molecule has 3 amide bonds. The highest BCUT2D eigenvalue weighted by atomic mass is 32.2. The van der Waals surface area contributed by atoms with E-state index in [-0.39, 0.29) is 36.4 Å². The summed E-state index contributed by atoms with van der Waals surface area (Å²) >= 11 is 0. The Kier molecular flexibility index (Phi) is 5.54. The Bertz CT molecular complexity index is 1210. The molecular weight excluding hydrogens is 442 g/mol. The third-order valence-corrected chi connectivity index (χ3v) is 8.26. The molecule has 1 aliphatic carbocycles. The molecule has 3 aliphatic rings. The van der Waals surface area contributed by atoms with Gasteiger partial charge in [0.1, 0.15) is 0 Å². The van der Waals surface area contributed by atoms with Crippen molar-refractivity contribution in [2.45, 2.75) is 30.6 Å². The van der Waals surface area contributed by atoms with Gasteiger partial charge in [-0.2, -0.15) is 4.31 Å². The summed E-state index contributed by atoms with van der Waals surface area (Å²) in [5.74, 6) is -0.844. The lowest BCUT2D eigenvalue weighted by Crippen LogP contribution is -2.55. The average molecular weight is 468 g/mol. The molecule has 2 heterocycles. The number of sulfonamides is 1. The normalized spacial score (nSPS) is 19.2. The smallest absolute Gasteiger partial charge is 0.244 e. The Morgan fingerprint density at radius 1 is 0.970 bits per heavy atom. The molecule has 5 rings (SSSR count). The molecule has 0 bridgehead atoms. The van der Waals surface area contributed by atoms with Gasteiger partial charge < -0.3 is 4.90 Å². The van der Waals surface area contributed by atoms with E-state index in [0.29, 0.717) is 19.4 Å². The standard InChI is InChI=1S/C24H25N3O5S/c28-22-15-25(16-23(29)27(22)12-10-17-4-2-1-3-5-17)33(31,32)20-8-9-21-19(14-20)11-13-26(21)24(30)18-6-7-18/h1-5,8-9,14,18H,6-7,10-13,15-16H2. The SMILES string of the molecule is O=C1CN(S(=O)(=O)c2ccc3c(c2)CCN3C(=O)C2CC2)CC(=O)N1CCc1ccccc1. The summed E-state index contributed by atoms with van der Waals surface area (Å²) in [5, 5.41) is 0. The van der Waals surface area contributed by atoms with Crippen molar-refractivity contribution in [1.82, 2.24) is 9.21 Å². The molecule has 2 fully saturated rings. The molecule has 1 saturated carbocycles. The second-order valence-electron chi connectivity index (χ2n) is 8.75. The van der Waals surface area contributed by atoms with Crippen LogP contribution < -0.4 is 4.90 Å². The van der Waals surface area contributed by atoms with Crippen LogP contribution in [-0.2, 0) is 37.2 Å². The first-order valence-electron chi connectivity index (χ1n) is 11.2. The van der Waals surface area contributed by atoms with Crippen molar-refractivity contribution < 1.29 is 22.8 Å². The molecule has 2 aromatic carbocycles. The number of carbonyl (C=O) groups excluding carboxylic acids is 3. The number of carbonyl (C=O) groups is 3. The van der Waals surface area contributed by atoms with Crippen molar-refractivity contribution in [3.8, 4) is 0 Å². The maximum absolute atomic E-state index is 13.2. The lowest BCUT2D eigenvalue weighted by molar-refractivity contribution is -0.149. The number of fused-ring (bicyclic) bond motifs is 1. The van der Waals surface area contributed by atoms with Crippen LogP contribution in [0.15, 0.2) is 53.4 Å². The fourth-order valence-corrected chi connectivity index (χ4v) is 5.83. The number of hydrogen-bond donors (Lipinski definition) is 0. The molecule has 0 N–H and O–H groups in total. The van der Waals surface area contributed by atoms with Gasteiger partial charge in [0.2, 0.25) is 27.7 Å². The van der Waals surface area contributed by atoms with Crippen LogP contribution in [0.5, 0.6) is 0 Å². The summed E-state index contributed by atoms with van der Waals surface area (Å²) in [4.78, 5) is 40.7. The molecule has 2 aliphatic heterocycles. The first kappa shape index (κ1) is 21.8. The second kappa shape index (κ2) is 8.39. The zero-order valence-electron chi connectivity index (χ0n) is 18.1. The van der Waals surface area contributed by atoms with Crippen molar-refractivity contribution >= 4 is 33.4 Å². The van der Waals surface area contributed by atoms with E-state index in [0.717, 1.165) is 38.9 Å². The number of rotatable bonds is 6. The van der Waals surface area contributed by atoms with Crippen LogP contribution in [0.3, 0.4) is 0 Å². The zero-order valence-corrected chi connectivity index (χ0v) is 19.0. The van der Waals surface area contributed by atoms with Gasteiger partial charge in [-0.1, -0.05) is 30.3 Å². The predicted octanol–water partition coefficient (Wildman–Crippen LogP) is 1.59. The van der Waals surface area contributed by atoms with Crippen molar-refractivity contribution in [3.05, 3.63) is 59.7 Å². The van der Waals surface area contributed by atoms with Gasteiger partial charge >= 0.3 is 0 Å². The van der Waals surface area contributed by atoms with Crippen LogP contribution in [0.25, 0.3) is 0 Å². The number of imide groups is 1. The molecule has 0 spiro atoms. The Balaban J connectivity index is 1.29. The summed E-state index contributed by atoms with van der Waals surface area (Å²) in [6, 6.07) is 14.2. The fraction of sp³-hybridized carbons (Fsp3) is 0.375. The first-order valence-corrected chi connectivity index (χ1v) is 12.6. The molecule has 172 valence electrons. The van der Waals surface area contributed by atoms with E-state index in [9.17, 15) is 22.8 Å². The Morgan fingerprint density at radius 2 is 1.67 bits per heavy atom. The fourth-order valence-electron chi connectivity index (χ4n) is 4.44. The maximum Gasteiger partial charge on any atom is 0.244 e. The molecule has 9 heteroatoms. The van der Waals surface area contributed by atoms with Gasteiger partial charge in [0.25, 0.3) is 0 Å². The summed E-state index contributed by atoms with van der Waals surface area (Å²) < 4.78 is 27.4. The number of benzene rings is 2. The van der Waals surface area contributed by atoms with Crippen molar-refractivity contribution in [2.75, 3.05) is 31.1 Å². The number of anilines is 1. The van der Waals surface area contributed by atoms with Crippen LogP contribution in [0.4, 0.5) is 5.69 Å². The number of nitrogens with zero attached hydrogens (tertiary/aromatic N) is 3. The average Bonchev–Trinajstić information content (AvgIpc) is 3.57. The lowest BCUT2D eigenvalue weighted by Gasteiger charge is -2.32. The van der Waals surface area contributed by atoms with E-state index in [1.807, 2.05) is 30.3 Å². The quantitative estimate of drug-likeness (QED) is 0.602. The van der Waals surface area contributed by atoms with Crippen molar-refractivity contribution in [1.29, 1.82) is 0 Å². The van der Waals surface area contributed by atoms with Gasteiger partial charge in [-0.3, -0.25) is 19.3 Å². The summed E-state index contributed by atoms with van der Waals surface area (Å²) in [7, 11) is -4.02. The highest BCUT2D eigenvalue weighted by Gasteiger charge is 2.39. The monoisotopic (exact) mass is 467 g/mol. The largest absolute Gasteiger partial charge is 0.312 e. The van der Waals surface area contributed by atoms with Gasteiger partial charge in [-0.25, -0.2) is 8.42 Å². The minimum absolute atomic E-state index is 0.0420. The summed E-state index contributed by atoms with van der Waals surface area (Å²) in [5.41, 5.74) is 2.55. The Hall–Kier alpha value is -3.04. The van der Waals surface area contributed by atoms with E-state index in [2.05, 4.69) is 0 Å². The summed E-state index contributed by atoms with van der Waals surface area (Å²) in [6.45, 7) is 0.0307. The Labute approximate surface area is 192 Å². The summed E-state index contributed by atoms with van der Waals surface area (Å²) in [6.07, 6.45) is 2.93. The minimum atomic E-state index is -4.02. The molecule has 1 saturated heterocycles. The third-order valence-electron chi connectivity index (χ3n) is 6.47. The number of amides is 3. The number of piperazine rings is 1. The highest BCUT2D eigenvalue weighted by molar-refractivity contribution is 7.89. The van der Waals surface area contributed by atoms with E-state index in [4.69, 9.17) is 0 Å². The van der Waals surface area contributed by atoms with Crippen LogP contribution in [0, 0.1) is 5.92 Å². The first-order chi connectivity index (χ1) is 15.8. The van der Waals surface area contributed by atoms with Gasteiger partial charge in [0.15, 0.2) is 0 Å². The lowest BCUT2D eigenvalue weighted by atomic mass is 10.1. The molecule has 0 radical (unpaired) electrons. The third kappa shape index (κ3) is 4.18. The van der Waals surface area contributed by atoms with Crippen LogP contribution in [0.1, 0.15) is 24.0 Å². The van der Waals surface area contributed by atoms with Crippen LogP contribution in [-0.4, -0.2) is 61.5 Å². The van der Waals surface area contributed by atoms with Gasteiger partial charge in [-0.15, -0.1) is 0 Å². The van der Waals surface area contributed by atoms with Gasteiger partial charge in [0.05, 0.1) is 18.0 Å². The zero-order chi connectivity index (χ0) is 23.2. The number of hydrogen-bond acceptors (Lipinski definition) is 5. The maximum atomic E-state index is 13.2. The Morgan fingerprint density at radius 3 is 2.33 bits per heavy atom. The van der Waals surface area contributed by atoms with Crippen LogP contribution in [0.2, 0.25) is 0 Å². The van der Waals surface area contributed by atoms with Crippen molar-refractivity contribution in [3.63, 3.8) is 0 Å². The predicted molar refractivity (Wildman–Crippen MR) is 121 cm³/mol. The molecule has 8 nitrogen and oxygen atoms in total. The molecule has 0 unspecified atom stereocenters. The molecule has 2 aromatic rings. The van der Waals surface area contributed by atoms with Crippen LogP contribution >= 0.6 is 0 Å². The molecule has 0 aromatic heterocycles. The van der Waals surface area contributed by atoms with E-state index < -0.39 is 21.8 Å². The highest BCUT2D eigenvalue weighted by Crippen LogP contribution is 2.37.